The van der Waals surface area contributed by atoms with E-state index in [9.17, 15) is 0 Å². The second-order valence-corrected chi connectivity index (χ2v) is 13.1. The monoisotopic (exact) mass is 686 g/mol. The van der Waals surface area contributed by atoms with Crippen molar-refractivity contribution in [3.05, 3.63) is 108 Å². The first-order valence-corrected chi connectivity index (χ1v) is 16.6. The molecule has 0 fully saturated rings. The van der Waals surface area contributed by atoms with Gasteiger partial charge in [0.05, 0.1) is 11.0 Å². The van der Waals surface area contributed by atoms with Crippen LogP contribution in [0.15, 0.2) is 108 Å². The molecule has 0 aliphatic carbocycles. The van der Waals surface area contributed by atoms with Crippen LogP contribution in [0.1, 0.15) is 0 Å². The van der Waals surface area contributed by atoms with Crippen LogP contribution in [0.5, 0.6) is 0 Å². The maximum Gasteiger partial charge on any atom is 0.238 e. The highest BCUT2D eigenvalue weighted by Gasteiger charge is 2.24. The molecule has 0 atom stereocenters. The van der Waals surface area contributed by atoms with Gasteiger partial charge in [-0.05, 0) is 65.8 Å². The van der Waals surface area contributed by atoms with Gasteiger partial charge in [-0.15, -0.1) is 16.4 Å². The fraction of sp³-hybridized carbons (Fsp3) is 0. The lowest BCUT2D eigenvalue weighted by Gasteiger charge is -2.15. The van der Waals surface area contributed by atoms with Crippen molar-refractivity contribution < 1.29 is 0 Å². The smallest absolute Gasteiger partial charge is 0.238 e. The lowest BCUT2D eigenvalue weighted by atomic mass is 9.68. The van der Waals surface area contributed by atoms with E-state index < -0.39 is 0 Å². The SMILES string of the molecule is [B]c1cc2c(c([B])c1[B])c1c([B])c([B])c([B])c(Br)c1n2-c1nc(-c2ccccc2)nc(-c2ccc3c4ccccc4c4ccccc4c3c2)n1. The van der Waals surface area contributed by atoms with Crippen LogP contribution in [-0.2, 0) is 0 Å². The van der Waals surface area contributed by atoms with Crippen molar-refractivity contribution in [1.29, 1.82) is 0 Å². The van der Waals surface area contributed by atoms with Crippen molar-refractivity contribution in [3.8, 4) is 28.7 Å². The van der Waals surface area contributed by atoms with Gasteiger partial charge in [-0.3, -0.25) is 4.57 Å². The largest absolute Gasteiger partial charge is 0.277 e. The number of nitrogens with zero attached hydrogens (tertiary/aromatic N) is 4. The normalized spacial score (nSPS) is 11.8. The van der Waals surface area contributed by atoms with Crippen molar-refractivity contribution in [2.75, 3.05) is 0 Å². The summed E-state index contributed by atoms with van der Waals surface area (Å²) in [6, 6.07) is 34.7. The Morgan fingerprint density at radius 3 is 1.64 bits per heavy atom. The van der Waals surface area contributed by atoms with E-state index in [-0.39, 0.29) is 27.3 Å². The minimum absolute atomic E-state index is 0.218. The molecule has 0 saturated heterocycles. The predicted molar refractivity (Wildman–Crippen MR) is 218 cm³/mol. The molecule has 50 heavy (non-hydrogen) atoms. The van der Waals surface area contributed by atoms with E-state index in [2.05, 4.69) is 76.6 Å². The summed E-state index contributed by atoms with van der Waals surface area (Å²) in [5.74, 6) is 1.23. The number of hydrogen-bond donors (Lipinski definition) is 0. The molecule has 0 spiro atoms. The zero-order chi connectivity index (χ0) is 34.4. The molecule has 218 valence electrons. The minimum atomic E-state index is 0.218. The molecule has 4 nitrogen and oxygen atoms in total. The molecule has 0 aliphatic heterocycles. The van der Waals surface area contributed by atoms with Crippen LogP contribution in [0, 0.1) is 0 Å². The molecule has 2 heterocycles. The molecule has 2 aromatic heterocycles. The Balaban J connectivity index is 1.41. The van der Waals surface area contributed by atoms with Gasteiger partial charge in [-0.2, -0.15) is 9.97 Å². The fourth-order valence-electron chi connectivity index (χ4n) is 7.08. The Morgan fingerprint density at radius 2 is 1.00 bits per heavy atom. The summed E-state index contributed by atoms with van der Waals surface area (Å²) in [6.07, 6.45) is 0. The molecule has 12 radical (unpaired) electrons. The Bertz CT molecular complexity index is 2870. The number of aromatic nitrogens is 4. The van der Waals surface area contributed by atoms with E-state index in [1.165, 1.54) is 16.2 Å². The maximum absolute atomic E-state index is 6.66. The van der Waals surface area contributed by atoms with Crippen molar-refractivity contribution >= 4 is 150 Å². The second kappa shape index (κ2) is 11.5. The van der Waals surface area contributed by atoms with Crippen molar-refractivity contribution in [2.45, 2.75) is 0 Å². The third-order valence-electron chi connectivity index (χ3n) is 9.52. The lowest BCUT2D eigenvalue weighted by Crippen LogP contribution is -2.41. The van der Waals surface area contributed by atoms with Crippen LogP contribution in [0.3, 0.4) is 0 Å². The summed E-state index contributed by atoms with van der Waals surface area (Å²) in [4.78, 5) is 15.2. The Labute approximate surface area is 304 Å². The molecule has 0 amide bonds. The van der Waals surface area contributed by atoms with Gasteiger partial charge in [-0.1, -0.05) is 107 Å². The third-order valence-corrected chi connectivity index (χ3v) is 10.3. The summed E-state index contributed by atoms with van der Waals surface area (Å²) in [5.41, 5.74) is 4.29. The van der Waals surface area contributed by atoms with Crippen LogP contribution < -0.4 is 32.8 Å². The molecule has 9 rings (SSSR count). The maximum atomic E-state index is 6.66. The van der Waals surface area contributed by atoms with E-state index in [1.807, 2.05) is 41.0 Å². The molecule has 0 N–H and O–H groups in total. The van der Waals surface area contributed by atoms with E-state index in [0.29, 0.717) is 49.3 Å². The van der Waals surface area contributed by atoms with Gasteiger partial charge in [0.1, 0.15) is 47.1 Å². The zero-order valence-corrected chi connectivity index (χ0v) is 28.0. The first-order chi connectivity index (χ1) is 24.2. The number of halogens is 1. The Kier molecular flexibility index (Phi) is 7.15. The van der Waals surface area contributed by atoms with Crippen LogP contribution >= 0.6 is 15.9 Å². The Hall–Kier alpha value is -5.00. The zero-order valence-electron chi connectivity index (χ0n) is 26.4. The van der Waals surface area contributed by atoms with Gasteiger partial charge in [0.15, 0.2) is 11.6 Å². The molecular weight excluding hydrogens is 669 g/mol. The van der Waals surface area contributed by atoms with Gasteiger partial charge in [0.25, 0.3) is 0 Å². The first-order valence-electron chi connectivity index (χ1n) is 15.8. The van der Waals surface area contributed by atoms with E-state index >= 15 is 0 Å². The number of benzene rings is 7. The van der Waals surface area contributed by atoms with Gasteiger partial charge < -0.3 is 0 Å². The molecule has 7 aromatic carbocycles. The lowest BCUT2D eigenvalue weighted by molar-refractivity contribution is 0.953. The molecular formula is C39H17B6BrN4. The van der Waals surface area contributed by atoms with E-state index in [1.54, 1.807) is 6.07 Å². The van der Waals surface area contributed by atoms with Crippen LogP contribution in [0.2, 0.25) is 0 Å². The summed E-state index contributed by atoms with van der Waals surface area (Å²) in [5, 5.41) is 8.03. The topological polar surface area (TPSA) is 43.6 Å². The molecule has 0 bridgehead atoms. The summed E-state index contributed by atoms with van der Waals surface area (Å²) in [6.45, 7) is 0. The molecule has 9 aromatic rings. The van der Waals surface area contributed by atoms with Crippen molar-refractivity contribution in [3.63, 3.8) is 0 Å². The molecule has 11 heteroatoms. The highest BCUT2D eigenvalue weighted by molar-refractivity contribution is 9.10. The average Bonchev–Trinajstić information content (AvgIpc) is 3.50. The van der Waals surface area contributed by atoms with Crippen LogP contribution in [-0.4, -0.2) is 66.6 Å². The summed E-state index contributed by atoms with van der Waals surface area (Å²) < 4.78 is 2.33. The third kappa shape index (κ3) is 4.49. The van der Waals surface area contributed by atoms with Gasteiger partial charge in [-0.25, -0.2) is 4.98 Å². The molecule has 0 saturated carbocycles. The van der Waals surface area contributed by atoms with E-state index in [0.717, 1.165) is 27.3 Å². The average molecular weight is 686 g/mol. The number of fused-ring (bicyclic) bond motifs is 9. The second-order valence-electron chi connectivity index (χ2n) is 12.3. The number of rotatable bonds is 3. The summed E-state index contributed by atoms with van der Waals surface area (Å²) >= 11 is 3.69. The van der Waals surface area contributed by atoms with Crippen LogP contribution in [0.4, 0.5) is 0 Å². The van der Waals surface area contributed by atoms with Crippen molar-refractivity contribution in [1.82, 2.24) is 19.5 Å². The Morgan fingerprint density at radius 1 is 0.460 bits per heavy atom. The highest BCUT2D eigenvalue weighted by Crippen LogP contribution is 2.38. The standard InChI is InChI=1S/C39H17B6BrN4/c40-26-17-27-28(31(42)30(26)41)29-32(43)33(44)34(45)35(46)36(29)50(27)39-48-37(18-8-2-1-3-9-18)47-38(49-39)19-14-15-24-22-12-5-4-10-20(22)21-11-6-7-13-23(21)25(24)16-19/h1-17H. The molecule has 0 unspecified atom stereocenters. The summed E-state index contributed by atoms with van der Waals surface area (Å²) in [7, 11) is 39.0. The van der Waals surface area contributed by atoms with Gasteiger partial charge >= 0.3 is 0 Å². The quantitative estimate of drug-likeness (QED) is 0.212. The molecule has 0 aliphatic rings. The predicted octanol–water partition coefficient (Wildman–Crippen LogP) is 3.29. The minimum Gasteiger partial charge on any atom is -0.277 e. The highest BCUT2D eigenvalue weighted by atomic mass is 79.9. The number of hydrogen-bond acceptors (Lipinski definition) is 3. The van der Waals surface area contributed by atoms with Gasteiger partial charge in [0.2, 0.25) is 5.95 Å². The fourth-order valence-corrected chi connectivity index (χ4v) is 7.66. The first kappa shape index (κ1) is 31.0. The van der Waals surface area contributed by atoms with Gasteiger partial charge in [0, 0.05) is 21.0 Å². The van der Waals surface area contributed by atoms with Crippen molar-refractivity contribution in [2.24, 2.45) is 0 Å². The van der Waals surface area contributed by atoms with Crippen LogP contribution in [0.25, 0.3) is 82.8 Å². The van der Waals surface area contributed by atoms with E-state index in [4.69, 9.17) is 62.0 Å².